The van der Waals surface area contributed by atoms with Crippen LogP contribution in [0.15, 0.2) is 0 Å². The third-order valence-electron chi connectivity index (χ3n) is 19.8. The summed E-state index contributed by atoms with van der Waals surface area (Å²) in [6.45, 7) is 14.3. The third-order valence-corrected chi connectivity index (χ3v) is 21.7. The van der Waals surface area contributed by atoms with Gasteiger partial charge in [0.1, 0.15) is 19.3 Å². The van der Waals surface area contributed by atoms with Crippen molar-refractivity contribution in [1.82, 2.24) is 0 Å². The number of hydrogen-bond donors (Lipinski definition) is 3. The molecule has 0 aromatic heterocycles. The molecule has 104 heavy (non-hydrogen) atoms. The SMILES string of the molecule is CC(C)CCCCCCCCCCCCCCCCCCCCC(=O)O[C@H](COC(=O)CCCCCCCCCC(C)C)COP(=O)(O)OCC(O)COP(=O)(O)OC[C@@H](COC(=O)CCCCCCCCCCCCCCCCCC(C)C)OC(=O)CCCCCCCCCCCCCCC(C)C. The molecule has 0 amide bonds. The number of aliphatic hydroxyl groups is 1. The number of aliphatic hydroxyl groups excluding tert-OH is 1. The molecule has 0 aromatic rings. The van der Waals surface area contributed by atoms with Gasteiger partial charge in [0.15, 0.2) is 12.2 Å². The highest BCUT2D eigenvalue weighted by Crippen LogP contribution is 2.45. The molecular weight excluding hydrogens is 1350 g/mol. The Balaban J connectivity index is 5.20. The summed E-state index contributed by atoms with van der Waals surface area (Å²) in [7, 11) is -9.93. The maximum atomic E-state index is 13.1. The normalized spacial score (nSPS) is 14.0. The fraction of sp³-hybridized carbons (Fsp3) is 0.953. The highest BCUT2D eigenvalue weighted by atomic mass is 31.2. The average molecular weight is 1520 g/mol. The van der Waals surface area contributed by atoms with Gasteiger partial charge in [-0.15, -0.1) is 0 Å². The Labute approximate surface area is 638 Å². The summed E-state index contributed by atoms with van der Waals surface area (Å²) in [5, 5.41) is 10.7. The van der Waals surface area contributed by atoms with E-state index in [1.807, 2.05) is 0 Å². The zero-order valence-corrected chi connectivity index (χ0v) is 70.5. The Kier molecular flexibility index (Phi) is 72.5. The Morgan fingerprint density at radius 1 is 0.240 bits per heavy atom. The molecule has 618 valence electrons. The summed E-state index contributed by atoms with van der Waals surface area (Å²) in [5.41, 5.74) is 0. The first-order valence-corrected chi connectivity index (χ1v) is 46.7. The van der Waals surface area contributed by atoms with Crippen molar-refractivity contribution in [3.8, 4) is 0 Å². The summed E-state index contributed by atoms with van der Waals surface area (Å²) in [6.07, 6.45) is 62.6. The molecular formula is C85H166O17P2. The number of phosphoric ester groups is 2. The van der Waals surface area contributed by atoms with E-state index in [4.69, 9.17) is 37.0 Å². The first-order chi connectivity index (χ1) is 50.1. The number of hydrogen-bond acceptors (Lipinski definition) is 15. The molecule has 0 saturated heterocycles. The molecule has 0 radical (unpaired) electrons. The molecule has 0 aliphatic heterocycles. The van der Waals surface area contributed by atoms with Crippen molar-refractivity contribution in [2.24, 2.45) is 23.7 Å². The van der Waals surface area contributed by atoms with E-state index in [1.165, 1.54) is 238 Å². The zero-order chi connectivity index (χ0) is 76.7. The predicted molar refractivity (Wildman–Crippen MR) is 428 cm³/mol. The first kappa shape index (κ1) is 102. The van der Waals surface area contributed by atoms with Crippen molar-refractivity contribution in [2.45, 2.75) is 459 Å². The van der Waals surface area contributed by atoms with Crippen LogP contribution in [0.25, 0.3) is 0 Å². The first-order valence-electron chi connectivity index (χ1n) is 43.7. The molecule has 3 unspecified atom stereocenters. The van der Waals surface area contributed by atoms with Crippen LogP contribution in [0.3, 0.4) is 0 Å². The number of phosphoric acid groups is 2. The van der Waals surface area contributed by atoms with Crippen LogP contribution in [0.4, 0.5) is 0 Å². The lowest BCUT2D eigenvalue weighted by Crippen LogP contribution is -2.30. The van der Waals surface area contributed by atoms with Gasteiger partial charge in [-0.25, -0.2) is 9.13 Å². The minimum absolute atomic E-state index is 0.107. The summed E-state index contributed by atoms with van der Waals surface area (Å²) >= 11 is 0. The molecule has 0 aromatic carbocycles. The molecule has 0 bridgehead atoms. The van der Waals surface area contributed by atoms with Crippen molar-refractivity contribution in [1.29, 1.82) is 0 Å². The van der Waals surface area contributed by atoms with Crippen molar-refractivity contribution in [3.05, 3.63) is 0 Å². The molecule has 0 rings (SSSR count). The van der Waals surface area contributed by atoms with E-state index < -0.39 is 97.5 Å². The predicted octanol–water partition coefficient (Wildman–Crippen LogP) is 25.6. The number of esters is 4. The quantitative estimate of drug-likeness (QED) is 0.0222. The van der Waals surface area contributed by atoms with Crippen molar-refractivity contribution >= 4 is 39.5 Å². The molecule has 0 aliphatic carbocycles. The van der Waals surface area contributed by atoms with Crippen LogP contribution in [0.2, 0.25) is 0 Å². The molecule has 0 saturated carbocycles. The van der Waals surface area contributed by atoms with Crippen LogP contribution in [0.1, 0.15) is 441 Å². The van der Waals surface area contributed by atoms with Gasteiger partial charge in [0.05, 0.1) is 26.4 Å². The molecule has 17 nitrogen and oxygen atoms in total. The largest absolute Gasteiger partial charge is 0.472 e. The summed E-state index contributed by atoms with van der Waals surface area (Å²) < 4.78 is 68.8. The average Bonchev–Trinajstić information content (AvgIpc) is 0.903. The molecule has 0 fully saturated rings. The Bertz CT molecular complexity index is 2020. The van der Waals surface area contributed by atoms with Gasteiger partial charge < -0.3 is 33.8 Å². The molecule has 0 heterocycles. The van der Waals surface area contributed by atoms with Crippen molar-refractivity contribution in [3.63, 3.8) is 0 Å². The number of ether oxygens (including phenoxy) is 4. The van der Waals surface area contributed by atoms with Gasteiger partial charge in [0, 0.05) is 25.7 Å². The summed E-state index contributed by atoms with van der Waals surface area (Å²) in [6, 6.07) is 0. The Morgan fingerprint density at radius 2 is 0.404 bits per heavy atom. The lowest BCUT2D eigenvalue weighted by molar-refractivity contribution is -0.161. The second-order valence-electron chi connectivity index (χ2n) is 32.5. The minimum atomic E-state index is -4.96. The maximum absolute atomic E-state index is 13.1. The van der Waals surface area contributed by atoms with Gasteiger partial charge in [0.2, 0.25) is 0 Å². The number of unbranched alkanes of at least 4 members (excludes halogenated alkanes) is 48. The van der Waals surface area contributed by atoms with Crippen LogP contribution in [0.5, 0.6) is 0 Å². The summed E-state index contributed by atoms with van der Waals surface area (Å²) in [5.74, 6) is 0.998. The van der Waals surface area contributed by atoms with E-state index in [9.17, 15) is 43.2 Å². The maximum Gasteiger partial charge on any atom is 0.472 e. The van der Waals surface area contributed by atoms with Gasteiger partial charge >= 0.3 is 39.5 Å². The van der Waals surface area contributed by atoms with Crippen LogP contribution < -0.4 is 0 Å². The van der Waals surface area contributed by atoms with Gasteiger partial charge in [-0.2, -0.15) is 0 Å². The van der Waals surface area contributed by atoms with E-state index in [0.29, 0.717) is 31.6 Å². The van der Waals surface area contributed by atoms with Gasteiger partial charge in [-0.05, 0) is 49.4 Å². The van der Waals surface area contributed by atoms with E-state index in [0.717, 1.165) is 114 Å². The lowest BCUT2D eigenvalue weighted by Gasteiger charge is -2.21. The molecule has 19 heteroatoms. The highest BCUT2D eigenvalue weighted by molar-refractivity contribution is 7.47. The van der Waals surface area contributed by atoms with Crippen LogP contribution >= 0.6 is 15.6 Å². The standard InChI is InChI=1S/C85H166O17P2/c1-75(2)61-53-45-37-30-24-18-14-11-9-10-12-16-21-28-34-42-51-59-67-84(89)102-81(72-96-83(88)66-58-50-44-36-40-48-56-64-78(7)8)74-100-104(93,94)98-70-79(86)69-97-103(91,92)99-73-80(101-85(90)68-60-52-43-35-29-23-22-26-32-39-47-55-63-77(5)6)71-95-82(87)65-57-49-41-33-27-20-17-13-15-19-25-31-38-46-54-62-76(3)4/h75-81,86H,9-74H2,1-8H3,(H,91,92)(H,93,94)/t79?,80-,81-/m1/s1. The van der Waals surface area contributed by atoms with Gasteiger partial charge in [0.25, 0.3) is 0 Å². The minimum Gasteiger partial charge on any atom is -0.462 e. The highest BCUT2D eigenvalue weighted by Gasteiger charge is 2.30. The van der Waals surface area contributed by atoms with E-state index in [1.54, 1.807) is 0 Å². The second kappa shape index (κ2) is 73.8. The van der Waals surface area contributed by atoms with Crippen LogP contribution in [-0.4, -0.2) is 96.7 Å². The number of carbonyl (C=O) groups is 4. The van der Waals surface area contributed by atoms with Crippen molar-refractivity contribution in [2.75, 3.05) is 39.6 Å². The van der Waals surface area contributed by atoms with E-state index >= 15 is 0 Å². The lowest BCUT2D eigenvalue weighted by atomic mass is 10.0. The summed E-state index contributed by atoms with van der Waals surface area (Å²) in [4.78, 5) is 73.2. The number of carbonyl (C=O) groups excluding carboxylic acids is 4. The fourth-order valence-electron chi connectivity index (χ4n) is 13.1. The Hall–Kier alpha value is -1.94. The van der Waals surface area contributed by atoms with E-state index in [2.05, 4.69) is 55.4 Å². The zero-order valence-electron chi connectivity index (χ0n) is 68.7. The molecule has 3 N–H and O–H groups in total. The fourth-order valence-corrected chi connectivity index (χ4v) is 14.7. The molecule has 5 atom stereocenters. The van der Waals surface area contributed by atoms with Gasteiger partial charge in [-0.1, -0.05) is 389 Å². The van der Waals surface area contributed by atoms with Gasteiger partial charge in [-0.3, -0.25) is 37.3 Å². The van der Waals surface area contributed by atoms with Crippen LogP contribution in [0, 0.1) is 23.7 Å². The van der Waals surface area contributed by atoms with Crippen LogP contribution in [-0.2, 0) is 65.4 Å². The topological polar surface area (TPSA) is 237 Å². The monoisotopic (exact) mass is 1520 g/mol. The Morgan fingerprint density at radius 3 is 0.596 bits per heavy atom. The van der Waals surface area contributed by atoms with Crippen molar-refractivity contribution < 1.29 is 80.2 Å². The third kappa shape index (κ3) is 78.2. The number of rotatable bonds is 82. The molecule has 0 aliphatic rings. The smallest absolute Gasteiger partial charge is 0.462 e. The molecule has 0 spiro atoms. The van der Waals surface area contributed by atoms with E-state index in [-0.39, 0.29) is 25.7 Å². The second-order valence-corrected chi connectivity index (χ2v) is 35.4.